The van der Waals surface area contributed by atoms with Crippen LogP contribution in [0.15, 0.2) is 309 Å². The summed E-state index contributed by atoms with van der Waals surface area (Å²) in [6.07, 6.45) is 0. The molecule has 0 amide bonds. The molecule has 1 nitrogen and oxygen atoms in total. The molecule has 0 fully saturated rings. The van der Waals surface area contributed by atoms with Crippen LogP contribution in [-0.2, 0) is 5.41 Å². The van der Waals surface area contributed by atoms with E-state index in [1.807, 2.05) is 0 Å². The summed E-state index contributed by atoms with van der Waals surface area (Å²) in [6, 6.07) is 115. The van der Waals surface area contributed by atoms with E-state index in [1.165, 1.54) is 87.5 Å². The van der Waals surface area contributed by atoms with Crippen molar-refractivity contribution in [2.45, 2.75) is 5.41 Å². The highest BCUT2D eigenvalue weighted by Gasteiger charge is 2.49. The summed E-state index contributed by atoms with van der Waals surface area (Å²) in [5, 5.41) is 5.61. The monoisotopic (exact) mass is 969 g/mol. The second kappa shape index (κ2) is 18.3. The molecule has 12 aromatic rings. The molecule has 0 aromatic heterocycles. The van der Waals surface area contributed by atoms with Crippen LogP contribution in [0, 0.1) is 0 Å². The number of hydrogen-bond acceptors (Lipinski definition) is 1. The van der Waals surface area contributed by atoms with Gasteiger partial charge in [-0.3, -0.25) is 0 Å². The summed E-state index contributed by atoms with van der Waals surface area (Å²) >= 11 is 0. The van der Waals surface area contributed by atoms with E-state index in [-0.39, 0.29) is 0 Å². The number of benzene rings is 12. The maximum Gasteiger partial charge on any atom is 0.180 e. The molecule has 1 heterocycles. The number of anilines is 3. The first-order valence-corrected chi connectivity index (χ1v) is 28.1. The summed E-state index contributed by atoms with van der Waals surface area (Å²) in [7, 11) is -2.81. The summed E-state index contributed by atoms with van der Waals surface area (Å²) in [4.78, 5) is 2.49. The molecule has 0 bridgehead atoms. The minimum Gasteiger partial charge on any atom is -0.310 e. The van der Waals surface area contributed by atoms with Gasteiger partial charge in [0.1, 0.15) is 0 Å². The third-order valence-corrected chi connectivity index (χ3v) is 20.9. The molecule has 0 N–H and O–H groups in total. The fraction of sp³-hybridized carbons (Fsp3) is 0.0137. The normalized spacial score (nSPS) is 13.3. The van der Waals surface area contributed by atoms with Gasteiger partial charge in [-0.1, -0.05) is 261 Å². The van der Waals surface area contributed by atoms with E-state index >= 15 is 0 Å². The predicted octanol–water partition coefficient (Wildman–Crippen LogP) is 15.9. The second-order valence-electron chi connectivity index (χ2n) is 19.9. The quantitative estimate of drug-likeness (QED) is 0.123. The van der Waals surface area contributed by atoms with E-state index < -0.39 is 13.5 Å². The maximum atomic E-state index is 2.51. The van der Waals surface area contributed by atoms with E-state index in [4.69, 9.17) is 0 Å². The lowest BCUT2D eigenvalue weighted by molar-refractivity contribution is 0.769. The van der Waals surface area contributed by atoms with Gasteiger partial charge in [-0.25, -0.2) is 0 Å². The zero-order chi connectivity index (χ0) is 49.8. The number of fused-ring (bicyclic) bond motifs is 6. The third-order valence-electron chi connectivity index (χ3n) is 16.0. The van der Waals surface area contributed by atoms with Crippen LogP contribution in [0.4, 0.5) is 17.1 Å². The highest BCUT2D eigenvalue weighted by atomic mass is 28.3. The topological polar surface area (TPSA) is 3.24 Å². The SMILES string of the molecule is c1ccc(-c2cc(-c3ccccc3)cc(N(c3ccc(-c4ccc5c(c4)C(c4ccccc4)(c4ccccc4)c4ccccc4-5)cc3)c3cccc([Si]4(c5ccccc5)c5ccccc5-c5ccccc54)c3)c2)cc1. The molecule has 0 saturated heterocycles. The van der Waals surface area contributed by atoms with Crippen molar-refractivity contribution < 1.29 is 0 Å². The molecular weight excluding hydrogens is 919 g/mol. The van der Waals surface area contributed by atoms with Gasteiger partial charge in [0.15, 0.2) is 8.07 Å². The molecule has 14 rings (SSSR count). The van der Waals surface area contributed by atoms with Crippen LogP contribution >= 0.6 is 0 Å². The van der Waals surface area contributed by atoms with Crippen molar-refractivity contribution in [3.8, 4) is 55.6 Å². The minimum atomic E-state index is -2.81. The van der Waals surface area contributed by atoms with E-state index in [1.54, 1.807) is 0 Å². The molecule has 0 spiro atoms. The van der Waals surface area contributed by atoms with Crippen LogP contribution in [0.1, 0.15) is 22.3 Å². The van der Waals surface area contributed by atoms with Crippen LogP contribution in [-0.4, -0.2) is 8.07 Å². The average Bonchev–Trinajstić information content (AvgIpc) is 3.97. The smallest absolute Gasteiger partial charge is 0.180 e. The first-order chi connectivity index (χ1) is 37.2. The Kier molecular flexibility index (Phi) is 10.8. The van der Waals surface area contributed by atoms with E-state index in [2.05, 4.69) is 314 Å². The van der Waals surface area contributed by atoms with Gasteiger partial charge < -0.3 is 4.90 Å². The lowest BCUT2D eigenvalue weighted by Crippen LogP contribution is -2.72. The molecule has 1 aliphatic carbocycles. The van der Waals surface area contributed by atoms with Gasteiger partial charge >= 0.3 is 0 Å². The Hall–Kier alpha value is -9.34. The minimum absolute atomic E-state index is 0.479. The van der Waals surface area contributed by atoms with Crippen LogP contribution in [0.2, 0.25) is 0 Å². The molecule has 0 unspecified atom stereocenters. The zero-order valence-corrected chi connectivity index (χ0v) is 42.4. The molecule has 75 heavy (non-hydrogen) atoms. The van der Waals surface area contributed by atoms with Crippen molar-refractivity contribution >= 4 is 45.9 Å². The van der Waals surface area contributed by atoms with E-state index in [9.17, 15) is 0 Å². The number of nitrogens with zero attached hydrogens (tertiary/aromatic N) is 1. The molecule has 12 aromatic carbocycles. The van der Waals surface area contributed by atoms with Crippen LogP contribution in [0.5, 0.6) is 0 Å². The Morgan fingerprint density at radius 1 is 0.240 bits per heavy atom. The van der Waals surface area contributed by atoms with Gasteiger partial charge in [0.05, 0.1) is 5.41 Å². The van der Waals surface area contributed by atoms with Crippen LogP contribution in [0.3, 0.4) is 0 Å². The molecule has 352 valence electrons. The Labute approximate surface area is 441 Å². The summed E-state index contributed by atoms with van der Waals surface area (Å²) < 4.78 is 0. The Morgan fingerprint density at radius 3 is 1.28 bits per heavy atom. The zero-order valence-electron chi connectivity index (χ0n) is 41.4. The lowest BCUT2D eigenvalue weighted by Gasteiger charge is -2.34. The highest BCUT2D eigenvalue weighted by molar-refractivity contribution is 7.22. The highest BCUT2D eigenvalue weighted by Crippen LogP contribution is 2.57. The molecule has 2 heteroatoms. The molecule has 0 saturated carbocycles. The van der Waals surface area contributed by atoms with Crippen molar-refractivity contribution in [1.29, 1.82) is 0 Å². The fourth-order valence-corrected chi connectivity index (χ4v) is 18.0. The maximum absolute atomic E-state index is 2.81. The Morgan fingerprint density at radius 2 is 0.693 bits per heavy atom. The van der Waals surface area contributed by atoms with Crippen molar-refractivity contribution in [3.63, 3.8) is 0 Å². The van der Waals surface area contributed by atoms with Crippen molar-refractivity contribution in [2.24, 2.45) is 0 Å². The van der Waals surface area contributed by atoms with Crippen molar-refractivity contribution in [2.75, 3.05) is 4.90 Å². The third kappa shape index (κ3) is 7.13. The van der Waals surface area contributed by atoms with Gasteiger partial charge in [-0.2, -0.15) is 0 Å². The van der Waals surface area contributed by atoms with Gasteiger partial charge in [0.25, 0.3) is 0 Å². The van der Waals surface area contributed by atoms with Gasteiger partial charge in [0.2, 0.25) is 0 Å². The standard InChI is InChI=1S/C73H51NSi/c1-6-23-52(24-7-1)56-47-57(53-25-8-2-9-26-53)49-62(48-56)74(61-31-22-34-64(51-61)75(63-32-14-5-15-33-63)71-39-20-17-36-67(71)68-37-18-21-40-72(68)75)60-44-41-54(42-45-60)55-43-46-66-65-35-16-19-38-69(65)73(70(66)50-55,58-27-10-3-11-28-58)59-29-12-4-13-30-59/h1-51H. The molecule has 2 aliphatic rings. The molecular formula is C73H51NSi. The van der Waals surface area contributed by atoms with E-state index in [0.29, 0.717) is 0 Å². The fourth-order valence-electron chi connectivity index (χ4n) is 12.8. The van der Waals surface area contributed by atoms with Gasteiger partial charge in [-0.05, 0) is 147 Å². The Balaban J connectivity index is 0.967. The lowest BCUT2D eigenvalue weighted by atomic mass is 9.67. The van der Waals surface area contributed by atoms with Crippen molar-refractivity contribution in [1.82, 2.24) is 0 Å². The largest absolute Gasteiger partial charge is 0.310 e. The number of hydrogen-bond donors (Lipinski definition) is 0. The summed E-state index contributed by atoms with van der Waals surface area (Å²) in [6.45, 7) is 0. The number of rotatable bonds is 10. The average molecular weight is 970 g/mol. The van der Waals surface area contributed by atoms with Crippen molar-refractivity contribution in [3.05, 3.63) is 332 Å². The van der Waals surface area contributed by atoms with Gasteiger partial charge in [0, 0.05) is 17.1 Å². The summed E-state index contributed by atoms with van der Waals surface area (Å²) in [5.41, 5.74) is 20.2. The second-order valence-corrected chi connectivity index (χ2v) is 23.7. The van der Waals surface area contributed by atoms with E-state index in [0.717, 1.165) is 28.2 Å². The Bertz CT molecular complexity index is 3900. The molecule has 0 atom stereocenters. The predicted molar refractivity (Wildman–Crippen MR) is 317 cm³/mol. The van der Waals surface area contributed by atoms with Gasteiger partial charge in [-0.15, -0.1) is 0 Å². The summed E-state index contributed by atoms with van der Waals surface area (Å²) in [5.74, 6) is 0. The van der Waals surface area contributed by atoms with Crippen LogP contribution < -0.4 is 25.6 Å². The molecule has 0 radical (unpaired) electrons. The first kappa shape index (κ1) is 44.4. The first-order valence-electron chi connectivity index (χ1n) is 26.1. The van der Waals surface area contributed by atoms with Crippen LogP contribution in [0.25, 0.3) is 55.6 Å². The molecule has 1 aliphatic heterocycles.